The standard InChI is InChI=1S/C9H12NO2S/c1-7(2)8-4-9(6-10-5-8)13(3,11)12/h4,6-7H,1-3H3. The van der Waals surface area contributed by atoms with E-state index < -0.39 is 9.84 Å². The summed E-state index contributed by atoms with van der Waals surface area (Å²) in [5.74, 6) is 0.245. The molecule has 0 amide bonds. The van der Waals surface area contributed by atoms with Crippen LogP contribution >= 0.6 is 0 Å². The van der Waals surface area contributed by atoms with E-state index in [9.17, 15) is 8.42 Å². The van der Waals surface area contributed by atoms with Crippen LogP contribution in [0, 0.1) is 6.20 Å². The molecule has 0 aliphatic rings. The van der Waals surface area contributed by atoms with Crippen molar-refractivity contribution in [3.63, 3.8) is 0 Å². The minimum Gasteiger partial charge on any atom is -0.253 e. The molecule has 0 aromatic carbocycles. The Morgan fingerprint density at radius 1 is 1.46 bits per heavy atom. The first-order chi connectivity index (χ1) is 5.91. The highest BCUT2D eigenvalue weighted by Gasteiger charge is 2.09. The second kappa shape index (κ2) is 3.46. The third-order valence-electron chi connectivity index (χ3n) is 1.73. The van der Waals surface area contributed by atoms with Gasteiger partial charge in [0.05, 0.1) is 11.1 Å². The highest BCUT2D eigenvalue weighted by atomic mass is 32.2. The summed E-state index contributed by atoms with van der Waals surface area (Å²) in [5, 5.41) is 0. The molecule has 13 heavy (non-hydrogen) atoms. The molecule has 0 saturated carbocycles. The van der Waals surface area contributed by atoms with Crippen LogP contribution in [-0.4, -0.2) is 19.7 Å². The van der Waals surface area contributed by atoms with Gasteiger partial charge in [0, 0.05) is 12.5 Å². The van der Waals surface area contributed by atoms with E-state index in [1.807, 2.05) is 13.8 Å². The van der Waals surface area contributed by atoms with E-state index in [1.165, 1.54) is 12.5 Å². The van der Waals surface area contributed by atoms with Gasteiger partial charge in [-0.05, 0) is 17.5 Å². The molecule has 1 rings (SSSR count). The maximum Gasteiger partial charge on any atom is 0.177 e. The van der Waals surface area contributed by atoms with Gasteiger partial charge in [0.25, 0.3) is 0 Å². The number of aromatic nitrogens is 1. The van der Waals surface area contributed by atoms with Crippen molar-refractivity contribution in [3.8, 4) is 0 Å². The number of pyridine rings is 1. The van der Waals surface area contributed by atoms with Crippen LogP contribution in [0.2, 0.25) is 0 Å². The Hall–Kier alpha value is -0.900. The molecule has 1 radical (unpaired) electrons. The normalized spacial score (nSPS) is 12.0. The summed E-state index contributed by atoms with van der Waals surface area (Å²) in [7, 11) is -3.14. The van der Waals surface area contributed by atoms with Crippen LogP contribution in [0.25, 0.3) is 0 Å². The van der Waals surface area contributed by atoms with Crippen molar-refractivity contribution >= 4 is 9.84 Å². The maximum absolute atomic E-state index is 11.2. The number of rotatable bonds is 2. The highest BCUT2D eigenvalue weighted by molar-refractivity contribution is 7.90. The van der Waals surface area contributed by atoms with Gasteiger partial charge in [0.2, 0.25) is 0 Å². The molecule has 71 valence electrons. The number of hydrogen-bond acceptors (Lipinski definition) is 3. The van der Waals surface area contributed by atoms with E-state index in [0.717, 1.165) is 5.56 Å². The lowest BCUT2D eigenvalue weighted by Crippen LogP contribution is -2.00. The summed E-state index contributed by atoms with van der Waals surface area (Å²) in [6.45, 7) is 3.94. The van der Waals surface area contributed by atoms with Crippen LogP contribution in [0.1, 0.15) is 25.3 Å². The Balaban J connectivity index is 3.21. The summed E-state index contributed by atoms with van der Waals surface area (Å²) >= 11 is 0. The third kappa shape index (κ3) is 2.52. The zero-order valence-corrected chi connectivity index (χ0v) is 8.72. The lowest BCUT2D eigenvalue weighted by molar-refractivity contribution is 0.601. The topological polar surface area (TPSA) is 47.0 Å². The van der Waals surface area contributed by atoms with Gasteiger partial charge in [-0.2, -0.15) is 0 Å². The lowest BCUT2D eigenvalue weighted by Gasteiger charge is -2.04. The van der Waals surface area contributed by atoms with Gasteiger partial charge in [0.1, 0.15) is 0 Å². The van der Waals surface area contributed by atoms with E-state index in [1.54, 1.807) is 6.07 Å². The summed E-state index contributed by atoms with van der Waals surface area (Å²) in [4.78, 5) is 4.03. The fourth-order valence-electron chi connectivity index (χ4n) is 0.892. The van der Waals surface area contributed by atoms with Crippen molar-refractivity contribution in [1.29, 1.82) is 0 Å². The van der Waals surface area contributed by atoms with Gasteiger partial charge in [-0.1, -0.05) is 13.8 Å². The van der Waals surface area contributed by atoms with E-state index in [-0.39, 0.29) is 10.8 Å². The Bertz CT molecular complexity index is 396. The lowest BCUT2D eigenvalue weighted by atomic mass is 10.1. The average Bonchev–Trinajstić information content (AvgIpc) is 2.03. The first-order valence-electron chi connectivity index (χ1n) is 3.99. The molecule has 0 unspecified atom stereocenters. The molecule has 1 aromatic heterocycles. The molecule has 1 aromatic rings. The van der Waals surface area contributed by atoms with E-state index in [0.29, 0.717) is 0 Å². The summed E-state index contributed by atoms with van der Waals surface area (Å²) in [5.41, 5.74) is 0.822. The SMILES string of the molecule is CC(C)c1[c]ncc(S(C)(=O)=O)c1. The molecule has 0 atom stereocenters. The highest BCUT2D eigenvalue weighted by Crippen LogP contribution is 2.16. The molecule has 1 heterocycles. The third-order valence-corrected chi connectivity index (χ3v) is 2.81. The van der Waals surface area contributed by atoms with Crippen molar-refractivity contribution in [2.75, 3.05) is 6.26 Å². The molecular weight excluding hydrogens is 186 g/mol. The summed E-state index contributed by atoms with van der Waals surface area (Å²) in [6, 6.07) is 1.62. The van der Waals surface area contributed by atoms with Gasteiger partial charge in [0.15, 0.2) is 9.84 Å². The van der Waals surface area contributed by atoms with Gasteiger partial charge in [-0.15, -0.1) is 0 Å². The van der Waals surface area contributed by atoms with Crippen LogP contribution in [0.15, 0.2) is 17.2 Å². The Labute approximate surface area is 78.7 Å². The van der Waals surface area contributed by atoms with Crippen molar-refractivity contribution in [2.24, 2.45) is 0 Å². The monoisotopic (exact) mass is 198 g/mol. The largest absolute Gasteiger partial charge is 0.253 e. The molecular formula is C9H12NO2S. The van der Waals surface area contributed by atoms with Crippen LogP contribution < -0.4 is 0 Å². The second-order valence-corrected chi connectivity index (χ2v) is 5.31. The van der Waals surface area contributed by atoms with Crippen LogP contribution in [0.5, 0.6) is 0 Å². The molecule has 0 N–H and O–H groups in total. The Kier molecular flexibility index (Phi) is 2.71. The van der Waals surface area contributed by atoms with E-state index >= 15 is 0 Å². The van der Waals surface area contributed by atoms with Gasteiger partial charge in [-0.25, -0.2) is 8.42 Å². The average molecular weight is 198 g/mol. The quantitative estimate of drug-likeness (QED) is 0.721. The zero-order chi connectivity index (χ0) is 10.1. The maximum atomic E-state index is 11.2. The predicted octanol–water partition coefficient (Wildman–Crippen LogP) is 1.41. The number of sulfone groups is 1. The van der Waals surface area contributed by atoms with Crippen LogP contribution in [-0.2, 0) is 9.84 Å². The van der Waals surface area contributed by atoms with Crippen molar-refractivity contribution in [2.45, 2.75) is 24.7 Å². The van der Waals surface area contributed by atoms with Crippen LogP contribution in [0.4, 0.5) is 0 Å². The van der Waals surface area contributed by atoms with Gasteiger partial charge < -0.3 is 0 Å². The molecule has 0 saturated heterocycles. The summed E-state index contributed by atoms with van der Waals surface area (Å²) < 4.78 is 22.3. The Morgan fingerprint density at radius 3 is 2.54 bits per heavy atom. The number of nitrogens with zero attached hydrogens (tertiary/aromatic N) is 1. The molecule has 4 heteroatoms. The van der Waals surface area contributed by atoms with Crippen molar-refractivity contribution in [1.82, 2.24) is 4.98 Å². The molecule has 0 aliphatic carbocycles. The van der Waals surface area contributed by atoms with E-state index in [4.69, 9.17) is 0 Å². The van der Waals surface area contributed by atoms with Crippen molar-refractivity contribution < 1.29 is 8.42 Å². The van der Waals surface area contributed by atoms with Crippen molar-refractivity contribution in [3.05, 3.63) is 24.0 Å². The molecule has 0 spiro atoms. The Morgan fingerprint density at radius 2 is 2.08 bits per heavy atom. The van der Waals surface area contributed by atoms with E-state index in [2.05, 4.69) is 11.2 Å². The summed E-state index contributed by atoms with van der Waals surface area (Å²) in [6.07, 6.45) is 5.26. The minimum absolute atomic E-state index is 0.245. The molecule has 0 aliphatic heterocycles. The van der Waals surface area contributed by atoms with Crippen LogP contribution in [0.3, 0.4) is 0 Å². The van der Waals surface area contributed by atoms with Gasteiger partial charge >= 0.3 is 0 Å². The second-order valence-electron chi connectivity index (χ2n) is 3.30. The zero-order valence-electron chi connectivity index (χ0n) is 7.90. The first kappa shape index (κ1) is 10.2. The first-order valence-corrected chi connectivity index (χ1v) is 5.88. The molecule has 0 bridgehead atoms. The predicted molar refractivity (Wildman–Crippen MR) is 50.3 cm³/mol. The fraction of sp³-hybridized carbons (Fsp3) is 0.444. The fourth-order valence-corrected chi connectivity index (χ4v) is 1.48. The molecule has 3 nitrogen and oxygen atoms in total. The smallest absolute Gasteiger partial charge is 0.177 e. The number of hydrogen-bond donors (Lipinski definition) is 0. The van der Waals surface area contributed by atoms with Gasteiger partial charge in [-0.3, -0.25) is 4.98 Å². The minimum atomic E-state index is -3.14. The molecule has 0 fully saturated rings.